The number of piperazine rings is 1. The second kappa shape index (κ2) is 13.6. The first-order valence-electron chi connectivity index (χ1n) is 12.2. The number of carbonyl (C=O) groups is 2. The van der Waals surface area contributed by atoms with Gasteiger partial charge in [0.05, 0.1) is 18.4 Å². The number of benzene rings is 2. The number of rotatable bonds is 11. The average Bonchev–Trinajstić information content (AvgIpc) is 2.91. The minimum absolute atomic E-state index is 0.186. The Balaban J connectivity index is 1.77. The maximum absolute atomic E-state index is 13.3. The van der Waals surface area contributed by atoms with Gasteiger partial charge in [-0.3, -0.25) is 9.59 Å². The van der Waals surface area contributed by atoms with Crippen molar-refractivity contribution in [3.63, 3.8) is 0 Å². The van der Waals surface area contributed by atoms with E-state index in [4.69, 9.17) is 27.9 Å². The average molecular weight is 537 g/mol. The number of methoxy groups -OCH3 is 1. The molecule has 10 heteroatoms. The Morgan fingerprint density at radius 1 is 1.00 bits per heavy atom. The maximum atomic E-state index is 13.3. The Bertz CT molecular complexity index is 1020. The summed E-state index contributed by atoms with van der Waals surface area (Å²) in [4.78, 5) is 30.8. The summed E-state index contributed by atoms with van der Waals surface area (Å²) in [6.45, 7) is 10.4. The number of halogens is 2. The van der Waals surface area contributed by atoms with Crippen LogP contribution in [-0.4, -0.2) is 81.0 Å². The van der Waals surface area contributed by atoms with Crippen LogP contribution in [-0.2, 0) is 4.79 Å². The van der Waals surface area contributed by atoms with Crippen molar-refractivity contribution in [2.24, 2.45) is 0 Å². The summed E-state index contributed by atoms with van der Waals surface area (Å²) in [6.07, 6.45) is 0. The third kappa shape index (κ3) is 7.18. The van der Waals surface area contributed by atoms with Crippen molar-refractivity contribution in [2.75, 3.05) is 74.6 Å². The highest BCUT2D eigenvalue weighted by Crippen LogP contribution is 2.31. The van der Waals surface area contributed by atoms with Gasteiger partial charge in [0, 0.05) is 50.6 Å². The quantitative estimate of drug-likeness (QED) is 0.425. The van der Waals surface area contributed by atoms with Crippen LogP contribution in [0.2, 0.25) is 0 Å². The SMILES string of the molecule is CCN(CC)CCNC(=O)c1cc(NC(=O)C(Cl)Cl)ccc1N1CCN(c2ccccc2OC)CC1. The summed E-state index contributed by atoms with van der Waals surface area (Å²) >= 11 is 11.4. The van der Waals surface area contributed by atoms with E-state index >= 15 is 0 Å². The van der Waals surface area contributed by atoms with Crippen molar-refractivity contribution in [2.45, 2.75) is 18.7 Å². The molecule has 196 valence electrons. The van der Waals surface area contributed by atoms with E-state index in [2.05, 4.69) is 45.2 Å². The van der Waals surface area contributed by atoms with Gasteiger partial charge in [0.25, 0.3) is 11.8 Å². The molecule has 0 aliphatic carbocycles. The standard InChI is InChI=1S/C26H35Cl2N5O3/c1-4-31(5-2)13-12-29-25(34)20-18-19(30-26(35)24(27)28)10-11-21(20)32-14-16-33(17-15-32)22-8-6-7-9-23(22)36-3/h6-11,18,24H,4-5,12-17H2,1-3H3,(H,29,34)(H,30,35). The number of ether oxygens (including phenoxy) is 1. The second-order valence-corrected chi connectivity index (χ2v) is 9.55. The van der Waals surface area contributed by atoms with E-state index in [9.17, 15) is 9.59 Å². The summed E-state index contributed by atoms with van der Waals surface area (Å²) in [7, 11) is 1.68. The highest BCUT2D eigenvalue weighted by molar-refractivity contribution is 6.54. The van der Waals surface area contributed by atoms with Crippen LogP contribution in [0.3, 0.4) is 0 Å². The number of likely N-dealkylation sites (N-methyl/N-ethyl adjacent to an activating group) is 1. The number of nitrogens with one attached hydrogen (secondary N) is 2. The van der Waals surface area contributed by atoms with Gasteiger partial charge in [-0.15, -0.1) is 0 Å². The molecule has 0 spiro atoms. The summed E-state index contributed by atoms with van der Waals surface area (Å²) in [5, 5.41) is 5.70. The zero-order valence-electron chi connectivity index (χ0n) is 21.1. The van der Waals surface area contributed by atoms with Crippen LogP contribution in [0.15, 0.2) is 42.5 Å². The van der Waals surface area contributed by atoms with Crippen LogP contribution < -0.4 is 25.2 Å². The minimum Gasteiger partial charge on any atom is -0.495 e. The Labute approximate surface area is 223 Å². The fourth-order valence-electron chi connectivity index (χ4n) is 4.31. The number of hydrogen-bond donors (Lipinski definition) is 2. The highest BCUT2D eigenvalue weighted by atomic mass is 35.5. The number of amides is 2. The van der Waals surface area contributed by atoms with Crippen molar-refractivity contribution in [1.29, 1.82) is 0 Å². The molecular formula is C26H35Cl2N5O3. The van der Waals surface area contributed by atoms with Gasteiger partial charge < -0.3 is 30.1 Å². The molecule has 8 nitrogen and oxygen atoms in total. The molecule has 2 aromatic carbocycles. The maximum Gasteiger partial charge on any atom is 0.257 e. The second-order valence-electron chi connectivity index (χ2n) is 8.45. The van der Waals surface area contributed by atoms with E-state index in [-0.39, 0.29) is 5.91 Å². The monoisotopic (exact) mass is 535 g/mol. The lowest BCUT2D eigenvalue weighted by Gasteiger charge is -2.38. The Hall–Kier alpha value is -2.68. The number of anilines is 3. The van der Waals surface area contributed by atoms with Gasteiger partial charge in [-0.05, 0) is 43.4 Å². The van der Waals surface area contributed by atoms with Gasteiger partial charge in [-0.1, -0.05) is 49.2 Å². The minimum atomic E-state index is -1.20. The van der Waals surface area contributed by atoms with Crippen LogP contribution in [0.5, 0.6) is 5.75 Å². The molecule has 36 heavy (non-hydrogen) atoms. The molecule has 0 aromatic heterocycles. The van der Waals surface area contributed by atoms with Gasteiger partial charge in [0.1, 0.15) is 5.75 Å². The van der Waals surface area contributed by atoms with Crippen LogP contribution in [0.4, 0.5) is 17.1 Å². The molecule has 0 saturated carbocycles. The summed E-state index contributed by atoms with van der Waals surface area (Å²) in [5.41, 5.74) is 2.85. The topological polar surface area (TPSA) is 77.2 Å². The van der Waals surface area contributed by atoms with Gasteiger partial charge in [0.2, 0.25) is 0 Å². The van der Waals surface area contributed by atoms with Crippen molar-refractivity contribution in [1.82, 2.24) is 10.2 Å². The third-order valence-corrected chi connectivity index (χ3v) is 6.76. The first-order valence-corrected chi connectivity index (χ1v) is 13.1. The van der Waals surface area contributed by atoms with E-state index in [0.29, 0.717) is 17.8 Å². The van der Waals surface area contributed by atoms with Crippen molar-refractivity contribution in [3.05, 3.63) is 48.0 Å². The predicted molar refractivity (Wildman–Crippen MR) is 148 cm³/mol. The lowest BCUT2D eigenvalue weighted by Crippen LogP contribution is -2.47. The first kappa shape index (κ1) is 27.9. The van der Waals surface area contributed by atoms with Gasteiger partial charge in [-0.2, -0.15) is 0 Å². The van der Waals surface area contributed by atoms with Crippen molar-refractivity contribution < 1.29 is 14.3 Å². The molecule has 0 bridgehead atoms. The van der Waals surface area contributed by atoms with Crippen LogP contribution >= 0.6 is 23.2 Å². The number of para-hydroxylation sites is 2. The molecule has 3 rings (SSSR count). The molecule has 1 aliphatic heterocycles. The van der Waals surface area contributed by atoms with Crippen LogP contribution in [0.25, 0.3) is 0 Å². The molecule has 2 N–H and O–H groups in total. The molecule has 1 saturated heterocycles. The largest absolute Gasteiger partial charge is 0.495 e. The van der Waals surface area contributed by atoms with Crippen LogP contribution in [0.1, 0.15) is 24.2 Å². The van der Waals surface area contributed by atoms with Crippen molar-refractivity contribution >= 4 is 52.1 Å². The molecule has 0 atom stereocenters. The lowest BCUT2D eigenvalue weighted by atomic mass is 10.1. The fraction of sp³-hybridized carbons (Fsp3) is 0.462. The Kier molecular flexibility index (Phi) is 10.5. The normalized spacial score (nSPS) is 13.8. The number of carbonyl (C=O) groups excluding carboxylic acids is 2. The zero-order chi connectivity index (χ0) is 26.1. The number of alkyl halides is 2. The first-order chi connectivity index (χ1) is 17.4. The van der Waals surface area contributed by atoms with E-state index in [0.717, 1.165) is 62.9 Å². The molecule has 0 unspecified atom stereocenters. The van der Waals surface area contributed by atoms with E-state index < -0.39 is 10.7 Å². The molecule has 2 amide bonds. The predicted octanol–water partition coefficient (Wildman–Crippen LogP) is 3.84. The molecule has 1 heterocycles. The van der Waals surface area contributed by atoms with Gasteiger partial charge in [-0.25, -0.2) is 0 Å². The lowest BCUT2D eigenvalue weighted by molar-refractivity contribution is -0.114. The third-order valence-electron chi connectivity index (χ3n) is 6.36. The smallest absolute Gasteiger partial charge is 0.257 e. The summed E-state index contributed by atoms with van der Waals surface area (Å²) in [6, 6.07) is 13.3. The Morgan fingerprint density at radius 2 is 1.64 bits per heavy atom. The van der Waals surface area contributed by atoms with E-state index in [1.165, 1.54) is 0 Å². The Morgan fingerprint density at radius 3 is 2.25 bits per heavy atom. The van der Waals surface area contributed by atoms with Gasteiger partial charge >= 0.3 is 0 Å². The molecule has 0 radical (unpaired) electrons. The molecule has 2 aromatic rings. The molecule has 1 fully saturated rings. The van der Waals surface area contributed by atoms with E-state index in [1.54, 1.807) is 19.2 Å². The number of hydrogen-bond acceptors (Lipinski definition) is 6. The van der Waals surface area contributed by atoms with Crippen LogP contribution in [0, 0.1) is 0 Å². The number of nitrogens with zero attached hydrogens (tertiary/aromatic N) is 3. The summed E-state index contributed by atoms with van der Waals surface area (Å²) < 4.78 is 5.53. The fourth-order valence-corrected chi connectivity index (χ4v) is 4.42. The van der Waals surface area contributed by atoms with E-state index in [1.807, 2.05) is 24.3 Å². The van der Waals surface area contributed by atoms with Crippen molar-refractivity contribution in [3.8, 4) is 5.75 Å². The summed E-state index contributed by atoms with van der Waals surface area (Å²) in [5.74, 6) is 0.120. The molecular weight excluding hydrogens is 501 g/mol. The highest BCUT2D eigenvalue weighted by Gasteiger charge is 2.24. The zero-order valence-corrected chi connectivity index (χ0v) is 22.6. The molecule has 1 aliphatic rings. The van der Waals surface area contributed by atoms with Gasteiger partial charge in [0.15, 0.2) is 4.84 Å².